The standard InChI is InChI=1S/C11H14N2O4.C9H11N3O3/c1-2-17-10(15)8-6-12-11(16)13(9(8)14)7-4-3-5-7;10-7(13)6-4-11-9(15)12(8(6)14)5-2-1-3-5/h6-7H,2-5H2,1H3,(H,12,16);4-5H,1-3H2,(H2,10,13)(H,11,15). The monoisotopic (exact) mass is 447 g/mol. The lowest BCUT2D eigenvalue weighted by Gasteiger charge is -2.26. The van der Waals surface area contributed by atoms with Crippen molar-refractivity contribution in [1.82, 2.24) is 19.1 Å². The number of aromatic nitrogens is 4. The van der Waals surface area contributed by atoms with Crippen LogP contribution in [0.5, 0.6) is 0 Å². The molecular formula is C20H25N5O7. The third kappa shape index (κ3) is 4.48. The van der Waals surface area contributed by atoms with Gasteiger partial charge in [0.15, 0.2) is 0 Å². The SMILES string of the molecule is CCOC(=O)c1c[nH]c(=O)n(C2CCC2)c1=O.NC(=O)c1c[nH]c(=O)n(C2CCC2)c1=O. The van der Waals surface area contributed by atoms with Gasteiger partial charge in [-0.3, -0.25) is 23.5 Å². The molecule has 12 heteroatoms. The smallest absolute Gasteiger partial charge is 0.345 e. The normalized spacial score (nSPS) is 15.7. The second-order valence-corrected chi connectivity index (χ2v) is 7.62. The maximum atomic E-state index is 12.0. The molecule has 0 atom stereocenters. The molecule has 2 saturated carbocycles. The van der Waals surface area contributed by atoms with Crippen LogP contribution in [0.4, 0.5) is 0 Å². The Kier molecular flexibility index (Phi) is 6.91. The summed E-state index contributed by atoms with van der Waals surface area (Å²) in [6, 6.07) is -0.166. The fourth-order valence-corrected chi connectivity index (χ4v) is 3.46. The van der Waals surface area contributed by atoms with E-state index < -0.39 is 34.4 Å². The molecule has 172 valence electrons. The maximum absolute atomic E-state index is 12.0. The van der Waals surface area contributed by atoms with Crippen LogP contribution in [-0.2, 0) is 4.74 Å². The molecule has 0 spiro atoms. The van der Waals surface area contributed by atoms with Gasteiger partial charge in [-0.05, 0) is 45.4 Å². The summed E-state index contributed by atoms with van der Waals surface area (Å²) in [5, 5.41) is 0. The van der Waals surface area contributed by atoms with E-state index in [1.807, 2.05) is 0 Å². The predicted octanol–water partition coefficient (Wildman–Crippen LogP) is -0.201. The lowest BCUT2D eigenvalue weighted by molar-refractivity contribution is 0.0521. The number of carbonyl (C=O) groups is 2. The van der Waals surface area contributed by atoms with E-state index >= 15 is 0 Å². The number of nitrogens with zero attached hydrogens (tertiary/aromatic N) is 2. The summed E-state index contributed by atoms with van der Waals surface area (Å²) in [5.74, 6) is -1.51. The average Bonchev–Trinajstić information content (AvgIpc) is 2.65. The van der Waals surface area contributed by atoms with Crippen molar-refractivity contribution in [3.8, 4) is 0 Å². The average molecular weight is 447 g/mol. The lowest BCUT2D eigenvalue weighted by Crippen LogP contribution is -2.43. The van der Waals surface area contributed by atoms with Crippen molar-refractivity contribution in [3.63, 3.8) is 0 Å². The summed E-state index contributed by atoms with van der Waals surface area (Å²) >= 11 is 0. The van der Waals surface area contributed by atoms with E-state index in [0.29, 0.717) is 0 Å². The van der Waals surface area contributed by atoms with Crippen LogP contribution in [0.1, 0.15) is 78.2 Å². The molecule has 2 heterocycles. The van der Waals surface area contributed by atoms with Crippen LogP contribution in [0.15, 0.2) is 31.6 Å². The zero-order chi connectivity index (χ0) is 23.4. The molecule has 0 bridgehead atoms. The highest BCUT2D eigenvalue weighted by molar-refractivity contribution is 5.92. The molecule has 0 saturated heterocycles. The summed E-state index contributed by atoms with van der Waals surface area (Å²) in [6.07, 6.45) is 7.39. The minimum atomic E-state index is -0.815. The van der Waals surface area contributed by atoms with Gasteiger partial charge in [-0.2, -0.15) is 0 Å². The fourth-order valence-electron chi connectivity index (χ4n) is 3.46. The van der Waals surface area contributed by atoms with Crippen molar-refractivity contribution in [2.24, 2.45) is 5.73 Å². The highest BCUT2D eigenvalue weighted by Gasteiger charge is 2.26. The first-order valence-electron chi connectivity index (χ1n) is 10.4. The first kappa shape index (κ1) is 23.0. The molecular weight excluding hydrogens is 422 g/mol. The van der Waals surface area contributed by atoms with Gasteiger partial charge in [0.2, 0.25) is 0 Å². The number of primary amides is 1. The van der Waals surface area contributed by atoms with E-state index in [4.69, 9.17) is 10.5 Å². The van der Waals surface area contributed by atoms with Gasteiger partial charge in [0.25, 0.3) is 17.0 Å². The number of rotatable bonds is 5. The lowest BCUT2D eigenvalue weighted by atomic mass is 9.93. The topological polar surface area (TPSA) is 179 Å². The van der Waals surface area contributed by atoms with Crippen LogP contribution in [0.25, 0.3) is 0 Å². The molecule has 1 amide bonds. The van der Waals surface area contributed by atoms with Gasteiger partial charge < -0.3 is 20.4 Å². The number of amides is 1. The van der Waals surface area contributed by atoms with Gasteiger partial charge >= 0.3 is 17.3 Å². The molecule has 4 N–H and O–H groups in total. The number of aromatic amines is 2. The number of nitrogens with two attached hydrogens (primary N) is 1. The minimum Gasteiger partial charge on any atom is -0.462 e. The van der Waals surface area contributed by atoms with Crippen molar-refractivity contribution in [3.05, 3.63) is 65.2 Å². The van der Waals surface area contributed by atoms with Gasteiger partial charge in [0.1, 0.15) is 11.1 Å². The highest BCUT2D eigenvalue weighted by atomic mass is 16.5. The van der Waals surface area contributed by atoms with Crippen molar-refractivity contribution in [2.75, 3.05) is 6.61 Å². The van der Waals surface area contributed by atoms with Gasteiger partial charge in [-0.1, -0.05) is 0 Å². The molecule has 2 aliphatic carbocycles. The molecule has 0 aromatic carbocycles. The van der Waals surface area contributed by atoms with E-state index in [9.17, 15) is 28.8 Å². The number of hydrogen-bond donors (Lipinski definition) is 3. The zero-order valence-corrected chi connectivity index (χ0v) is 17.6. The Morgan fingerprint density at radius 2 is 1.34 bits per heavy atom. The second kappa shape index (κ2) is 9.62. The fraction of sp³-hybridized carbons (Fsp3) is 0.500. The number of esters is 1. The molecule has 2 aromatic rings. The Morgan fingerprint density at radius 1 is 0.906 bits per heavy atom. The van der Waals surface area contributed by atoms with E-state index in [0.717, 1.165) is 60.1 Å². The van der Waals surface area contributed by atoms with Crippen molar-refractivity contribution >= 4 is 11.9 Å². The summed E-state index contributed by atoms with van der Waals surface area (Å²) in [7, 11) is 0. The molecule has 12 nitrogen and oxygen atoms in total. The third-order valence-corrected chi connectivity index (χ3v) is 5.66. The van der Waals surface area contributed by atoms with Crippen LogP contribution in [0.3, 0.4) is 0 Å². The molecule has 4 rings (SSSR count). The number of ether oxygens (including phenoxy) is 1. The van der Waals surface area contributed by atoms with Gasteiger partial charge in [-0.25, -0.2) is 14.4 Å². The van der Waals surface area contributed by atoms with Crippen LogP contribution < -0.4 is 28.2 Å². The van der Waals surface area contributed by atoms with Gasteiger partial charge in [-0.15, -0.1) is 0 Å². The van der Waals surface area contributed by atoms with Crippen molar-refractivity contribution in [2.45, 2.75) is 57.5 Å². The van der Waals surface area contributed by atoms with E-state index in [2.05, 4.69) is 9.97 Å². The van der Waals surface area contributed by atoms with Crippen LogP contribution in [0, 0.1) is 0 Å². The van der Waals surface area contributed by atoms with Crippen LogP contribution >= 0.6 is 0 Å². The quantitative estimate of drug-likeness (QED) is 0.531. The van der Waals surface area contributed by atoms with E-state index in [1.165, 1.54) is 0 Å². The number of hydrogen-bond acceptors (Lipinski definition) is 7. The molecule has 0 radical (unpaired) electrons. The largest absolute Gasteiger partial charge is 0.462 e. The second-order valence-electron chi connectivity index (χ2n) is 7.62. The Hall–Kier alpha value is -3.70. The van der Waals surface area contributed by atoms with Crippen LogP contribution in [-0.4, -0.2) is 37.6 Å². The Labute approximate surface area is 181 Å². The molecule has 0 aliphatic heterocycles. The summed E-state index contributed by atoms with van der Waals surface area (Å²) in [5.41, 5.74) is 2.65. The number of carbonyl (C=O) groups excluding carboxylic acids is 2. The summed E-state index contributed by atoms with van der Waals surface area (Å²) < 4.78 is 6.97. The number of nitrogens with one attached hydrogen (secondary N) is 2. The predicted molar refractivity (Wildman–Crippen MR) is 113 cm³/mol. The van der Waals surface area contributed by atoms with Crippen molar-refractivity contribution in [1.29, 1.82) is 0 Å². The summed E-state index contributed by atoms with van der Waals surface area (Å²) in [6.45, 7) is 1.86. The molecule has 2 fully saturated rings. The first-order chi connectivity index (χ1) is 15.3. The summed E-state index contributed by atoms with van der Waals surface area (Å²) in [4.78, 5) is 73.8. The van der Waals surface area contributed by atoms with Crippen molar-refractivity contribution < 1.29 is 14.3 Å². The van der Waals surface area contributed by atoms with E-state index in [-0.39, 0.29) is 29.8 Å². The van der Waals surface area contributed by atoms with Gasteiger partial charge in [0.05, 0.1) is 6.61 Å². The maximum Gasteiger partial charge on any atom is 0.345 e. The Morgan fingerprint density at radius 3 is 1.72 bits per heavy atom. The van der Waals surface area contributed by atoms with Gasteiger partial charge in [0, 0.05) is 24.5 Å². The molecule has 2 aliphatic rings. The molecule has 0 unspecified atom stereocenters. The zero-order valence-electron chi connectivity index (χ0n) is 17.6. The minimum absolute atomic E-state index is 0.0828. The first-order valence-corrected chi connectivity index (χ1v) is 10.4. The van der Waals surface area contributed by atoms with Crippen LogP contribution in [0.2, 0.25) is 0 Å². The highest BCUT2D eigenvalue weighted by Crippen LogP contribution is 2.29. The van der Waals surface area contributed by atoms with E-state index in [1.54, 1.807) is 6.92 Å². The Balaban J connectivity index is 0.000000182. The molecule has 32 heavy (non-hydrogen) atoms. The number of H-pyrrole nitrogens is 2. The Bertz CT molecular complexity index is 1240. The molecule has 2 aromatic heterocycles. The third-order valence-electron chi connectivity index (χ3n) is 5.66.